The third kappa shape index (κ3) is 4.52. The minimum absolute atomic E-state index is 0.641. The second-order valence-electron chi connectivity index (χ2n) is 14.4. The average Bonchev–Trinajstić information content (AvgIpc) is 3.79. The van der Waals surface area contributed by atoms with Crippen molar-refractivity contribution in [1.29, 1.82) is 0 Å². The van der Waals surface area contributed by atoms with Gasteiger partial charge >= 0.3 is 0 Å². The Bertz CT molecular complexity index is 3470. The molecule has 12 rings (SSSR count). The summed E-state index contributed by atoms with van der Waals surface area (Å²) >= 11 is 0. The lowest BCUT2D eigenvalue weighted by Crippen LogP contribution is -2.00. The van der Waals surface area contributed by atoms with Gasteiger partial charge < -0.3 is 8.80 Å². The molecular weight excluding hydrogens is 683 g/mol. The van der Waals surface area contributed by atoms with Crippen LogP contribution in [0.3, 0.4) is 0 Å². The highest BCUT2D eigenvalue weighted by Crippen LogP contribution is 2.41. The van der Waals surface area contributed by atoms with Gasteiger partial charge in [0.25, 0.3) is 0 Å². The maximum atomic E-state index is 5.02. The zero-order valence-electron chi connectivity index (χ0n) is 30.1. The lowest BCUT2D eigenvalue weighted by atomic mass is 10.00. The number of hydrogen-bond donors (Lipinski definition) is 0. The lowest BCUT2D eigenvalue weighted by molar-refractivity contribution is 1.07. The molecule has 0 N–H and O–H groups in total. The van der Waals surface area contributed by atoms with Crippen LogP contribution < -0.4 is 0 Å². The summed E-state index contributed by atoms with van der Waals surface area (Å²) in [6.07, 6.45) is 0. The van der Waals surface area contributed by atoms with Gasteiger partial charge in [0, 0.05) is 49.0 Å². The zero-order chi connectivity index (χ0) is 36.7. The van der Waals surface area contributed by atoms with E-state index in [0.29, 0.717) is 17.5 Å². The fourth-order valence-electron chi connectivity index (χ4n) is 8.82. The Morgan fingerprint density at radius 3 is 1.32 bits per heavy atom. The molecule has 0 aliphatic heterocycles. The highest BCUT2D eigenvalue weighted by molar-refractivity contribution is 6.23. The molecule has 5 heteroatoms. The molecule has 260 valence electrons. The van der Waals surface area contributed by atoms with Crippen LogP contribution in [-0.2, 0) is 0 Å². The third-order valence-electron chi connectivity index (χ3n) is 11.3. The molecule has 12 aromatic rings. The third-order valence-corrected chi connectivity index (χ3v) is 11.3. The molecule has 4 heterocycles. The molecule has 0 saturated heterocycles. The number of hydrogen-bond acceptors (Lipinski definition) is 3. The molecule has 0 amide bonds. The van der Waals surface area contributed by atoms with Crippen molar-refractivity contribution in [3.8, 4) is 45.3 Å². The van der Waals surface area contributed by atoms with Gasteiger partial charge in [-0.1, -0.05) is 152 Å². The summed E-state index contributed by atoms with van der Waals surface area (Å²) in [5.74, 6) is 1.94. The fraction of sp³-hybridized carbons (Fsp3) is 0. The molecule has 5 nitrogen and oxygen atoms in total. The van der Waals surface area contributed by atoms with E-state index in [-0.39, 0.29) is 0 Å². The van der Waals surface area contributed by atoms with Crippen LogP contribution in [0, 0.1) is 0 Å². The van der Waals surface area contributed by atoms with Crippen molar-refractivity contribution in [1.82, 2.24) is 23.8 Å². The Balaban J connectivity index is 1.11. The van der Waals surface area contributed by atoms with Crippen molar-refractivity contribution < 1.29 is 0 Å². The molecule has 8 aromatic carbocycles. The van der Waals surface area contributed by atoms with Crippen LogP contribution in [0.4, 0.5) is 0 Å². The average molecular weight is 714 g/mol. The predicted molar refractivity (Wildman–Crippen MR) is 231 cm³/mol. The van der Waals surface area contributed by atoms with E-state index < -0.39 is 0 Å². The van der Waals surface area contributed by atoms with E-state index in [1.165, 1.54) is 65.4 Å². The SMILES string of the molecule is c1ccc(-c2nc(-c3ccccc3)nc(-c3cccc(-c4ccc5c(c4)c4cccc6c7ccccc7n7c8ccccc8c8cccc(c87)n5c46)c3)n2)cc1. The van der Waals surface area contributed by atoms with Crippen molar-refractivity contribution in [2.45, 2.75) is 0 Å². The van der Waals surface area contributed by atoms with E-state index in [1.54, 1.807) is 0 Å². The van der Waals surface area contributed by atoms with Gasteiger partial charge in [0.05, 0.1) is 33.1 Å². The Labute approximate surface area is 321 Å². The Morgan fingerprint density at radius 1 is 0.250 bits per heavy atom. The standard InChI is InChI=1S/C51H31N5/c1-3-14-32(15-4-1)49-52-50(33-16-5-2-6-17-33)54-51(53-49)36-19-11-18-34(30-36)35-28-29-45-42(31-35)41-23-12-22-39-37-20-7-9-25-43(37)55-44-26-10-8-21-38(44)40-24-13-27-46(48(40)55)56(45)47(39)41/h1-31H. The summed E-state index contributed by atoms with van der Waals surface area (Å²) in [5.41, 5.74) is 12.3. The number of rotatable bonds is 4. The summed E-state index contributed by atoms with van der Waals surface area (Å²) in [5, 5.41) is 7.38. The number of benzene rings is 8. The molecule has 0 bridgehead atoms. The second kappa shape index (κ2) is 11.9. The van der Waals surface area contributed by atoms with Gasteiger partial charge in [-0.05, 0) is 47.5 Å². The molecule has 0 radical (unpaired) electrons. The predicted octanol–water partition coefficient (Wildman–Crippen LogP) is 12.8. The number of aromatic nitrogens is 5. The largest absolute Gasteiger partial charge is 0.307 e. The molecular formula is C51H31N5. The normalized spacial score (nSPS) is 11.9. The Kier molecular flexibility index (Phi) is 6.56. The van der Waals surface area contributed by atoms with Gasteiger partial charge in [-0.2, -0.15) is 0 Å². The zero-order valence-corrected chi connectivity index (χ0v) is 30.1. The molecule has 4 aromatic heterocycles. The van der Waals surface area contributed by atoms with Crippen molar-refractivity contribution in [2.75, 3.05) is 0 Å². The molecule has 56 heavy (non-hydrogen) atoms. The van der Waals surface area contributed by atoms with E-state index in [2.05, 4.69) is 136 Å². The molecule has 0 saturated carbocycles. The highest BCUT2D eigenvalue weighted by atomic mass is 15.0. The van der Waals surface area contributed by atoms with Crippen molar-refractivity contribution >= 4 is 65.4 Å². The van der Waals surface area contributed by atoms with Crippen LogP contribution in [0.1, 0.15) is 0 Å². The maximum absolute atomic E-state index is 5.02. The molecule has 0 unspecified atom stereocenters. The highest BCUT2D eigenvalue weighted by Gasteiger charge is 2.20. The topological polar surface area (TPSA) is 47.5 Å². The summed E-state index contributed by atoms with van der Waals surface area (Å²) in [6.45, 7) is 0. The number of para-hydroxylation sites is 4. The van der Waals surface area contributed by atoms with Crippen molar-refractivity contribution in [3.63, 3.8) is 0 Å². The van der Waals surface area contributed by atoms with E-state index >= 15 is 0 Å². The molecule has 0 atom stereocenters. The molecule has 0 fully saturated rings. The lowest BCUT2D eigenvalue weighted by Gasteiger charge is -2.11. The van der Waals surface area contributed by atoms with Crippen LogP contribution in [-0.4, -0.2) is 23.8 Å². The molecule has 0 aliphatic carbocycles. The van der Waals surface area contributed by atoms with Crippen LogP contribution in [0.5, 0.6) is 0 Å². The first kappa shape index (κ1) is 30.8. The first-order chi connectivity index (χ1) is 27.8. The van der Waals surface area contributed by atoms with Gasteiger partial charge in [0.1, 0.15) is 0 Å². The van der Waals surface area contributed by atoms with E-state index in [4.69, 9.17) is 15.0 Å². The summed E-state index contributed by atoms with van der Waals surface area (Å²) in [6, 6.07) is 66.9. The van der Waals surface area contributed by atoms with E-state index in [1.807, 2.05) is 60.7 Å². The molecule has 0 spiro atoms. The smallest absolute Gasteiger partial charge is 0.164 e. The van der Waals surface area contributed by atoms with Gasteiger partial charge in [0.15, 0.2) is 17.5 Å². The van der Waals surface area contributed by atoms with Crippen LogP contribution in [0.25, 0.3) is 111 Å². The van der Waals surface area contributed by atoms with Gasteiger partial charge in [-0.3, -0.25) is 0 Å². The van der Waals surface area contributed by atoms with Crippen molar-refractivity contribution in [2.24, 2.45) is 0 Å². The summed E-state index contributed by atoms with van der Waals surface area (Å²) < 4.78 is 4.96. The maximum Gasteiger partial charge on any atom is 0.164 e. The van der Waals surface area contributed by atoms with Gasteiger partial charge in [-0.25, -0.2) is 15.0 Å². The summed E-state index contributed by atoms with van der Waals surface area (Å²) in [7, 11) is 0. The monoisotopic (exact) mass is 713 g/mol. The minimum atomic E-state index is 0.641. The van der Waals surface area contributed by atoms with Crippen LogP contribution in [0.2, 0.25) is 0 Å². The number of fused-ring (bicyclic) bond motifs is 10. The summed E-state index contributed by atoms with van der Waals surface area (Å²) in [4.78, 5) is 14.9. The van der Waals surface area contributed by atoms with E-state index in [9.17, 15) is 0 Å². The first-order valence-electron chi connectivity index (χ1n) is 19.0. The Morgan fingerprint density at radius 2 is 0.661 bits per heavy atom. The number of nitrogens with zero attached hydrogens (tertiary/aromatic N) is 5. The quantitative estimate of drug-likeness (QED) is 0.182. The van der Waals surface area contributed by atoms with E-state index in [0.717, 1.165) is 27.8 Å². The van der Waals surface area contributed by atoms with Crippen LogP contribution in [0.15, 0.2) is 188 Å². The van der Waals surface area contributed by atoms with Gasteiger partial charge in [0.2, 0.25) is 0 Å². The minimum Gasteiger partial charge on any atom is -0.307 e. The van der Waals surface area contributed by atoms with Crippen molar-refractivity contribution in [3.05, 3.63) is 188 Å². The van der Waals surface area contributed by atoms with Crippen LogP contribution >= 0.6 is 0 Å². The first-order valence-corrected chi connectivity index (χ1v) is 19.0. The second-order valence-corrected chi connectivity index (χ2v) is 14.4. The fourth-order valence-corrected chi connectivity index (χ4v) is 8.82. The molecule has 0 aliphatic rings. The van der Waals surface area contributed by atoms with Gasteiger partial charge in [-0.15, -0.1) is 0 Å². The Hall–Kier alpha value is -7.63.